The lowest BCUT2D eigenvalue weighted by Crippen LogP contribution is -2.08. The summed E-state index contributed by atoms with van der Waals surface area (Å²) in [6, 6.07) is 7.89. The van der Waals surface area contributed by atoms with Crippen molar-refractivity contribution in [3.05, 3.63) is 59.2 Å². The first-order valence-corrected chi connectivity index (χ1v) is 5.59. The van der Waals surface area contributed by atoms with Gasteiger partial charge in [-0.05, 0) is 42.5 Å². The first kappa shape index (κ1) is 13.9. The van der Waals surface area contributed by atoms with Crippen LogP contribution >= 0.6 is 0 Å². The quantitative estimate of drug-likeness (QED) is 0.656. The number of halogens is 3. The number of aromatic hydroxyl groups is 1. The minimum atomic E-state index is -4.58. The molecular formula is C14H10F3NO2. The molecule has 0 aromatic heterocycles. The molecule has 0 fully saturated rings. The molecule has 2 aromatic carbocycles. The van der Waals surface area contributed by atoms with E-state index >= 15 is 0 Å². The molecule has 3 N–H and O–H groups in total. The molecule has 0 spiro atoms. The van der Waals surface area contributed by atoms with E-state index in [1.54, 1.807) is 0 Å². The molecule has 0 amide bonds. The molecule has 0 aliphatic rings. The molecule has 0 radical (unpaired) electrons. The summed E-state index contributed by atoms with van der Waals surface area (Å²) in [5, 5.41) is 9.57. The SMILES string of the molecule is Nc1ccc(C(=O)c2cc(C(F)(F)F)ccc2O)cc1. The second kappa shape index (κ2) is 4.88. The van der Waals surface area contributed by atoms with Crippen LogP contribution in [0.3, 0.4) is 0 Å². The van der Waals surface area contributed by atoms with Crippen LogP contribution in [0.25, 0.3) is 0 Å². The molecule has 2 aromatic rings. The lowest BCUT2D eigenvalue weighted by atomic mass is 10.00. The minimum absolute atomic E-state index is 0.147. The number of anilines is 1. The normalized spacial score (nSPS) is 11.3. The van der Waals surface area contributed by atoms with Gasteiger partial charge in [0.2, 0.25) is 0 Å². The van der Waals surface area contributed by atoms with E-state index in [0.717, 1.165) is 12.1 Å². The molecule has 0 aliphatic heterocycles. The first-order chi connectivity index (χ1) is 9.29. The number of phenolic OH excluding ortho intramolecular Hbond substituents is 1. The number of phenols is 1. The standard InChI is InChI=1S/C14H10F3NO2/c15-14(16,17)9-3-6-12(19)11(7-9)13(20)8-1-4-10(18)5-2-8/h1-7,19H,18H2. The van der Waals surface area contributed by atoms with E-state index in [0.29, 0.717) is 11.8 Å². The Morgan fingerprint density at radius 1 is 1.05 bits per heavy atom. The number of nitrogens with two attached hydrogens (primary N) is 1. The van der Waals surface area contributed by atoms with E-state index in [9.17, 15) is 23.1 Å². The van der Waals surface area contributed by atoms with Crippen LogP contribution in [0.4, 0.5) is 18.9 Å². The molecule has 104 valence electrons. The summed E-state index contributed by atoms with van der Waals surface area (Å²) < 4.78 is 37.8. The number of ketones is 1. The Morgan fingerprint density at radius 2 is 1.65 bits per heavy atom. The van der Waals surface area contributed by atoms with Crippen molar-refractivity contribution in [3.8, 4) is 5.75 Å². The number of carbonyl (C=O) groups excluding carboxylic acids is 1. The molecule has 0 saturated carbocycles. The second-order valence-electron chi connectivity index (χ2n) is 4.18. The van der Waals surface area contributed by atoms with Gasteiger partial charge in [-0.3, -0.25) is 4.79 Å². The van der Waals surface area contributed by atoms with Gasteiger partial charge in [0.1, 0.15) is 5.75 Å². The van der Waals surface area contributed by atoms with E-state index in [1.165, 1.54) is 24.3 Å². The Bertz CT molecular complexity index is 648. The maximum absolute atomic E-state index is 12.6. The smallest absolute Gasteiger partial charge is 0.416 e. The summed E-state index contributed by atoms with van der Waals surface area (Å²) in [4.78, 5) is 12.1. The molecule has 0 atom stereocenters. The largest absolute Gasteiger partial charge is 0.507 e. The summed E-state index contributed by atoms with van der Waals surface area (Å²) in [7, 11) is 0. The molecule has 0 unspecified atom stereocenters. The van der Waals surface area contributed by atoms with Gasteiger partial charge >= 0.3 is 6.18 Å². The van der Waals surface area contributed by atoms with Crippen molar-refractivity contribution in [1.29, 1.82) is 0 Å². The van der Waals surface area contributed by atoms with Crippen LogP contribution in [0.1, 0.15) is 21.5 Å². The molecule has 0 bridgehead atoms. The zero-order valence-corrected chi connectivity index (χ0v) is 10.1. The van der Waals surface area contributed by atoms with Gasteiger partial charge in [0, 0.05) is 11.3 Å². The van der Waals surface area contributed by atoms with Gasteiger partial charge < -0.3 is 10.8 Å². The van der Waals surface area contributed by atoms with Crippen LogP contribution in [0.5, 0.6) is 5.75 Å². The highest BCUT2D eigenvalue weighted by Gasteiger charge is 2.31. The third-order valence-corrected chi connectivity index (χ3v) is 2.74. The summed E-state index contributed by atoms with van der Waals surface area (Å²) >= 11 is 0. The summed E-state index contributed by atoms with van der Waals surface area (Å²) in [6.45, 7) is 0. The van der Waals surface area contributed by atoms with E-state index in [4.69, 9.17) is 5.73 Å². The van der Waals surface area contributed by atoms with Crippen LogP contribution in [-0.2, 0) is 6.18 Å². The van der Waals surface area contributed by atoms with Crippen LogP contribution in [0.15, 0.2) is 42.5 Å². The highest BCUT2D eigenvalue weighted by molar-refractivity contribution is 6.10. The fourth-order valence-corrected chi connectivity index (χ4v) is 1.68. The van der Waals surface area contributed by atoms with E-state index in [1.807, 2.05) is 0 Å². The fraction of sp³-hybridized carbons (Fsp3) is 0.0714. The number of alkyl halides is 3. The molecule has 0 aliphatic carbocycles. The third-order valence-electron chi connectivity index (χ3n) is 2.74. The lowest BCUT2D eigenvalue weighted by molar-refractivity contribution is -0.137. The average molecular weight is 281 g/mol. The Hall–Kier alpha value is -2.50. The van der Waals surface area contributed by atoms with Crippen LogP contribution < -0.4 is 5.73 Å². The zero-order chi connectivity index (χ0) is 14.9. The predicted octanol–water partition coefficient (Wildman–Crippen LogP) is 3.22. The molecular weight excluding hydrogens is 271 g/mol. The monoisotopic (exact) mass is 281 g/mol. The van der Waals surface area contributed by atoms with Crippen molar-refractivity contribution in [1.82, 2.24) is 0 Å². The van der Waals surface area contributed by atoms with Gasteiger partial charge in [-0.1, -0.05) is 0 Å². The van der Waals surface area contributed by atoms with E-state index in [2.05, 4.69) is 0 Å². The van der Waals surface area contributed by atoms with Crippen molar-refractivity contribution < 1.29 is 23.1 Å². The molecule has 0 saturated heterocycles. The van der Waals surface area contributed by atoms with Gasteiger partial charge in [-0.25, -0.2) is 0 Å². The molecule has 20 heavy (non-hydrogen) atoms. The van der Waals surface area contributed by atoms with Crippen molar-refractivity contribution in [2.75, 3.05) is 5.73 Å². The summed E-state index contributed by atoms with van der Waals surface area (Å²) in [6.07, 6.45) is -4.58. The van der Waals surface area contributed by atoms with Crippen LogP contribution in [-0.4, -0.2) is 10.9 Å². The Balaban J connectivity index is 2.46. The van der Waals surface area contributed by atoms with Crippen molar-refractivity contribution in [2.24, 2.45) is 0 Å². The molecule has 0 heterocycles. The number of carbonyl (C=O) groups is 1. The Kier molecular flexibility index (Phi) is 3.40. The second-order valence-corrected chi connectivity index (χ2v) is 4.18. The highest BCUT2D eigenvalue weighted by atomic mass is 19.4. The van der Waals surface area contributed by atoms with Gasteiger partial charge in [-0.2, -0.15) is 13.2 Å². The first-order valence-electron chi connectivity index (χ1n) is 5.59. The third kappa shape index (κ3) is 2.74. The Labute approximate surface area is 112 Å². The minimum Gasteiger partial charge on any atom is -0.507 e. The van der Waals surface area contributed by atoms with Crippen molar-refractivity contribution in [2.45, 2.75) is 6.18 Å². The molecule has 3 nitrogen and oxygen atoms in total. The average Bonchev–Trinajstić information content (AvgIpc) is 2.38. The molecule has 2 rings (SSSR count). The number of nitrogen functional groups attached to an aromatic ring is 1. The van der Waals surface area contributed by atoms with E-state index < -0.39 is 28.8 Å². The number of benzene rings is 2. The predicted molar refractivity (Wildman–Crippen MR) is 67.4 cm³/mol. The van der Waals surface area contributed by atoms with Crippen LogP contribution in [0, 0.1) is 0 Å². The van der Waals surface area contributed by atoms with Crippen LogP contribution in [0.2, 0.25) is 0 Å². The van der Waals surface area contributed by atoms with Gasteiger partial charge in [0.15, 0.2) is 5.78 Å². The number of hydrogen-bond donors (Lipinski definition) is 2. The topological polar surface area (TPSA) is 63.3 Å². The summed E-state index contributed by atoms with van der Waals surface area (Å²) in [5.74, 6) is -1.20. The maximum Gasteiger partial charge on any atom is 0.416 e. The highest BCUT2D eigenvalue weighted by Crippen LogP contribution is 2.33. The van der Waals surface area contributed by atoms with Gasteiger partial charge in [-0.15, -0.1) is 0 Å². The Morgan fingerprint density at radius 3 is 2.20 bits per heavy atom. The zero-order valence-electron chi connectivity index (χ0n) is 10.1. The maximum atomic E-state index is 12.6. The summed E-state index contributed by atoms with van der Waals surface area (Å²) in [5.41, 5.74) is 4.65. The fourth-order valence-electron chi connectivity index (χ4n) is 1.68. The van der Waals surface area contributed by atoms with Gasteiger partial charge in [0.25, 0.3) is 0 Å². The number of hydrogen-bond acceptors (Lipinski definition) is 3. The number of rotatable bonds is 2. The molecule has 6 heteroatoms. The van der Waals surface area contributed by atoms with Gasteiger partial charge in [0.05, 0.1) is 11.1 Å². The van der Waals surface area contributed by atoms with Crippen molar-refractivity contribution >= 4 is 11.5 Å². The van der Waals surface area contributed by atoms with E-state index in [-0.39, 0.29) is 5.56 Å². The lowest BCUT2D eigenvalue weighted by Gasteiger charge is -2.10. The van der Waals surface area contributed by atoms with Crippen molar-refractivity contribution in [3.63, 3.8) is 0 Å².